The maximum absolute atomic E-state index is 10.7. The Hall–Kier alpha value is -0.790. The summed E-state index contributed by atoms with van der Waals surface area (Å²) in [4.78, 5) is 10.7. The van der Waals surface area contributed by atoms with Crippen molar-refractivity contribution in [2.24, 2.45) is 5.92 Å². The van der Waals surface area contributed by atoms with Gasteiger partial charge in [0.2, 0.25) is 0 Å². The Morgan fingerprint density at radius 3 is 2.54 bits per heavy atom. The van der Waals surface area contributed by atoms with Gasteiger partial charge in [-0.05, 0) is 13.3 Å². The van der Waals surface area contributed by atoms with Crippen LogP contribution in [0.3, 0.4) is 0 Å². The first-order valence-electron chi connectivity index (χ1n) is 5.08. The van der Waals surface area contributed by atoms with Crippen LogP contribution in [0.25, 0.3) is 0 Å². The highest BCUT2D eigenvalue weighted by Gasteiger charge is 2.11. The van der Waals surface area contributed by atoms with Gasteiger partial charge in [0, 0.05) is 0 Å². The van der Waals surface area contributed by atoms with E-state index in [4.69, 9.17) is 5.11 Å². The number of hydrogen-bond donors (Lipinski definition) is 1. The van der Waals surface area contributed by atoms with Gasteiger partial charge in [0.25, 0.3) is 0 Å². The van der Waals surface area contributed by atoms with Gasteiger partial charge in [0.05, 0.1) is 5.92 Å². The van der Waals surface area contributed by atoms with Crippen molar-refractivity contribution in [1.29, 1.82) is 0 Å². The van der Waals surface area contributed by atoms with Crippen LogP contribution >= 0.6 is 0 Å². The van der Waals surface area contributed by atoms with Crippen molar-refractivity contribution in [3.63, 3.8) is 0 Å². The minimum atomic E-state index is -0.699. The quantitative estimate of drug-likeness (QED) is 0.487. The van der Waals surface area contributed by atoms with E-state index in [0.29, 0.717) is 0 Å². The molecule has 13 heavy (non-hydrogen) atoms. The zero-order chi connectivity index (χ0) is 10.1. The highest BCUT2D eigenvalue weighted by atomic mass is 16.4. The van der Waals surface area contributed by atoms with E-state index in [0.717, 1.165) is 19.3 Å². The van der Waals surface area contributed by atoms with Crippen LogP contribution in [0.5, 0.6) is 0 Å². The fourth-order valence-electron chi connectivity index (χ4n) is 1.33. The molecule has 0 amide bonds. The second-order valence-electron chi connectivity index (χ2n) is 3.32. The Bertz CT molecular complexity index is 161. The van der Waals surface area contributed by atoms with Crippen molar-refractivity contribution in [3.8, 4) is 0 Å². The summed E-state index contributed by atoms with van der Waals surface area (Å²) >= 11 is 0. The lowest BCUT2D eigenvalue weighted by molar-refractivity contribution is -0.140. The normalized spacial score (nSPS) is 13.4. The van der Waals surface area contributed by atoms with Crippen molar-refractivity contribution < 1.29 is 9.90 Å². The average Bonchev–Trinajstić information content (AvgIpc) is 2.10. The molecule has 1 unspecified atom stereocenters. The summed E-state index contributed by atoms with van der Waals surface area (Å²) in [6, 6.07) is 0. The van der Waals surface area contributed by atoms with E-state index in [9.17, 15) is 4.79 Å². The summed E-state index contributed by atoms with van der Waals surface area (Å²) in [7, 11) is 0. The molecular formula is C11H20O2. The van der Waals surface area contributed by atoms with Crippen molar-refractivity contribution in [2.45, 2.75) is 46.0 Å². The molecular weight excluding hydrogens is 164 g/mol. The third-order valence-corrected chi connectivity index (χ3v) is 2.11. The van der Waals surface area contributed by atoms with Crippen LogP contribution in [0.4, 0.5) is 0 Å². The largest absolute Gasteiger partial charge is 0.481 e. The van der Waals surface area contributed by atoms with Crippen LogP contribution in [0.1, 0.15) is 46.0 Å². The minimum absolute atomic E-state index is 0.276. The van der Waals surface area contributed by atoms with Gasteiger partial charge in [-0.25, -0.2) is 0 Å². The smallest absolute Gasteiger partial charge is 0.310 e. The molecule has 0 aromatic rings. The molecule has 1 atom stereocenters. The van der Waals surface area contributed by atoms with E-state index in [-0.39, 0.29) is 5.92 Å². The van der Waals surface area contributed by atoms with E-state index >= 15 is 0 Å². The van der Waals surface area contributed by atoms with Gasteiger partial charge in [-0.3, -0.25) is 4.79 Å². The average molecular weight is 184 g/mol. The molecule has 76 valence electrons. The number of carbonyl (C=O) groups is 1. The van der Waals surface area contributed by atoms with E-state index in [1.54, 1.807) is 6.08 Å². The number of aliphatic carboxylic acids is 1. The summed E-state index contributed by atoms with van der Waals surface area (Å²) in [5, 5.41) is 8.81. The Morgan fingerprint density at radius 1 is 1.38 bits per heavy atom. The molecule has 0 bridgehead atoms. The molecule has 0 fully saturated rings. The standard InChI is InChI=1S/C11H20O2/c1-3-5-6-7-9-10(8-4-2)11(12)13/h4,8,10H,3,5-7,9H2,1-2H3,(H,12,13). The van der Waals surface area contributed by atoms with E-state index in [2.05, 4.69) is 6.92 Å². The maximum atomic E-state index is 10.7. The number of carboxylic acids is 1. The molecule has 0 rings (SSSR count). The molecule has 0 aromatic heterocycles. The van der Waals surface area contributed by atoms with Gasteiger partial charge < -0.3 is 5.11 Å². The van der Waals surface area contributed by atoms with Crippen molar-refractivity contribution >= 4 is 5.97 Å². The zero-order valence-corrected chi connectivity index (χ0v) is 8.62. The second kappa shape index (κ2) is 7.84. The molecule has 1 N–H and O–H groups in total. The molecule has 0 aliphatic heterocycles. The Morgan fingerprint density at radius 2 is 2.08 bits per heavy atom. The van der Waals surface area contributed by atoms with Gasteiger partial charge in [0.15, 0.2) is 0 Å². The van der Waals surface area contributed by atoms with Crippen LogP contribution < -0.4 is 0 Å². The summed E-state index contributed by atoms with van der Waals surface area (Å²) in [6.45, 7) is 4.02. The van der Waals surface area contributed by atoms with Crippen LogP contribution in [0.2, 0.25) is 0 Å². The molecule has 2 heteroatoms. The molecule has 0 radical (unpaired) electrons. The summed E-state index contributed by atoms with van der Waals surface area (Å²) < 4.78 is 0. The first-order valence-corrected chi connectivity index (χ1v) is 5.08. The molecule has 0 saturated heterocycles. The van der Waals surface area contributed by atoms with Gasteiger partial charge in [-0.1, -0.05) is 44.8 Å². The fraction of sp³-hybridized carbons (Fsp3) is 0.727. The van der Waals surface area contributed by atoms with Crippen molar-refractivity contribution in [1.82, 2.24) is 0 Å². The highest BCUT2D eigenvalue weighted by Crippen LogP contribution is 2.12. The molecule has 2 nitrogen and oxygen atoms in total. The number of carboxylic acid groups (broad SMARTS) is 1. The topological polar surface area (TPSA) is 37.3 Å². The van der Waals surface area contributed by atoms with Crippen LogP contribution in [0, 0.1) is 5.92 Å². The highest BCUT2D eigenvalue weighted by molar-refractivity contribution is 5.71. The third kappa shape index (κ3) is 6.38. The predicted molar refractivity (Wildman–Crippen MR) is 54.7 cm³/mol. The minimum Gasteiger partial charge on any atom is -0.481 e. The van der Waals surface area contributed by atoms with Crippen molar-refractivity contribution in [3.05, 3.63) is 12.2 Å². The van der Waals surface area contributed by atoms with Gasteiger partial charge in [0.1, 0.15) is 0 Å². The Labute approximate surface area is 80.7 Å². The van der Waals surface area contributed by atoms with E-state index in [1.165, 1.54) is 12.8 Å². The summed E-state index contributed by atoms with van der Waals surface area (Å²) in [5.74, 6) is -0.976. The predicted octanol–water partition coefficient (Wildman–Crippen LogP) is 3.23. The Kier molecular flexibility index (Phi) is 7.36. The lowest BCUT2D eigenvalue weighted by Crippen LogP contribution is -2.10. The zero-order valence-electron chi connectivity index (χ0n) is 8.62. The van der Waals surface area contributed by atoms with Crippen LogP contribution in [0.15, 0.2) is 12.2 Å². The molecule has 0 aromatic carbocycles. The maximum Gasteiger partial charge on any atom is 0.310 e. The number of rotatable bonds is 7. The first-order chi connectivity index (χ1) is 6.22. The van der Waals surface area contributed by atoms with Gasteiger partial charge >= 0.3 is 5.97 Å². The third-order valence-electron chi connectivity index (χ3n) is 2.11. The summed E-state index contributed by atoms with van der Waals surface area (Å²) in [5.41, 5.74) is 0. The molecule has 0 heterocycles. The molecule has 0 aliphatic rings. The molecule has 0 spiro atoms. The number of hydrogen-bond acceptors (Lipinski definition) is 1. The summed E-state index contributed by atoms with van der Waals surface area (Å²) in [6.07, 6.45) is 8.95. The van der Waals surface area contributed by atoms with Gasteiger partial charge in [-0.15, -0.1) is 0 Å². The number of allylic oxidation sites excluding steroid dienone is 1. The lowest BCUT2D eigenvalue weighted by atomic mass is 10.0. The van der Waals surface area contributed by atoms with Crippen molar-refractivity contribution in [2.75, 3.05) is 0 Å². The lowest BCUT2D eigenvalue weighted by Gasteiger charge is -2.06. The fourth-order valence-corrected chi connectivity index (χ4v) is 1.33. The molecule has 0 aliphatic carbocycles. The first kappa shape index (κ1) is 12.2. The molecule has 0 saturated carbocycles. The second-order valence-corrected chi connectivity index (χ2v) is 3.32. The van der Waals surface area contributed by atoms with Crippen LogP contribution in [-0.2, 0) is 4.79 Å². The monoisotopic (exact) mass is 184 g/mol. The SMILES string of the molecule is CC=CC(CCCCCC)C(=O)O. The van der Waals surface area contributed by atoms with E-state index in [1.807, 2.05) is 13.0 Å². The Balaban J connectivity index is 3.64. The van der Waals surface area contributed by atoms with E-state index < -0.39 is 5.97 Å². The van der Waals surface area contributed by atoms with Gasteiger partial charge in [-0.2, -0.15) is 0 Å². The number of unbranched alkanes of at least 4 members (excludes halogenated alkanes) is 3. The van der Waals surface area contributed by atoms with Crippen LogP contribution in [-0.4, -0.2) is 11.1 Å².